The van der Waals surface area contributed by atoms with Gasteiger partial charge in [0.2, 0.25) is 0 Å². The molecule has 0 amide bonds. The summed E-state index contributed by atoms with van der Waals surface area (Å²) in [7, 11) is 0. The Morgan fingerprint density at radius 3 is 2.30 bits per heavy atom. The van der Waals surface area contributed by atoms with Crippen molar-refractivity contribution in [3.63, 3.8) is 0 Å². The van der Waals surface area contributed by atoms with Crippen LogP contribution in [0, 0.1) is 11.8 Å². The molecule has 2 heteroatoms. The number of hydrogen-bond acceptors (Lipinski definition) is 2. The summed E-state index contributed by atoms with van der Waals surface area (Å²) < 4.78 is 0. The number of nitrogens with two attached hydrogens (primary N) is 1. The first kappa shape index (κ1) is 6.62. The molecule has 2 rings (SSSR count). The van der Waals surface area contributed by atoms with Gasteiger partial charge in [0.1, 0.15) is 0 Å². The predicted molar refractivity (Wildman–Crippen MR) is 41.7 cm³/mol. The van der Waals surface area contributed by atoms with Crippen molar-refractivity contribution in [2.75, 3.05) is 13.1 Å². The van der Waals surface area contributed by atoms with E-state index in [1.54, 1.807) is 0 Å². The summed E-state index contributed by atoms with van der Waals surface area (Å²) in [5.41, 5.74) is 5.78. The van der Waals surface area contributed by atoms with Gasteiger partial charge in [0, 0.05) is 6.04 Å². The van der Waals surface area contributed by atoms with Crippen molar-refractivity contribution in [2.45, 2.75) is 25.3 Å². The van der Waals surface area contributed by atoms with E-state index < -0.39 is 0 Å². The highest BCUT2D eigenvalue weighted by Crippen LogP contribution is 2.39. The smallest absolute Gasteiger partial charge is 0.00737 e. The van der Waals surface area contributed by atoms with Crippen molar-refractivity contribution < 1.29 is 0 Å². The van der Waals surface area contributed by atoms with Gasteiger partial charge in [-0.3, -0.25) is 0 Å². The number of hydrogen-bond donors (Lipinski definition) is 2. The summed E-state index contributed by atoms with van der Waals surface area (Å²) in [6.45, 7) is 2.43. The van der Waals surface area contributed by atoms with E-state index in [1.807, 2.05) is 0 Å². The Hall–Kier alpha value is -0.0800. The van der Waals surface area contributed by atoms with E-state index in [0.29, 0.717) is 6.04 Å². The highest BCUT2D eigenvalue weighted by Gasteiger charge is 2.39. The van der Waals surface area contributed by atoms with Crippen LogP contribution >= 0.6 is 0 Å². The summed E-state index contributed by atoms with van der Waals surface area (Å²) in [5.74, 6) is 1.85. The summed E-state index contributed by atoms with van der Waals surface area (Å²) >= 11 is 0. The zero-order valence-electron chi connectivity index (χ0n) is 6.34. The molecular formula is C8H16N2. The minimum absolute atomic E-state index is 0.558. The van der Waals surface area contributed by atoms with Gasteiger partial charge < -0.3 is 11.1 Å². The van der Waals surface area contributed by atoms with Crippen LogP contribution in [0.1, 0.15) is 19.3 Å². The predicted octanol–water partition coefficient (Wildman–Crippen LogP) is 0.333. The maximum atomic E-state index is 5.78. The van der Waals surface area contributed by atoms with Gasteiger partial charge in [-0.15, -0.1) is 0 Å². The van der Waals surface area contributed by atoms with Crippen LogP contribution in [0.15, 0.2) is 0 Å². The normalized spacial score (nSPS) is 41.7. The lowest BCUT2D eigenvalue weighted by atomic mass is 9.93. The van der Waals surface area contributed by atoms with Gasteiger partial charge in [-0.05, 0) is 44.2 Å². The fourth-order valence-electron chi connectivity index (χ4n) is 2.05. The molecule has 0 bridgehead atoms. The summed E-state index contributed by atoms with van der Waals surface area (Å²) in [4.78, 5) is 0. The zero-order chi connectivity index (χ0) is 6.97. The van der Waals surface area contributed by atoms with Gasteiger partial charge in [-0.25, -0.2) is 0 Å². The maximum Gasteiger partial charge on any atom is 0.00737 e. The third-order valence-corrected chi connectivity index (χ3v) is 2.88. The van der Waals surface area contributed by atoms with Crippen LogP contribution in [-0.4, -0.2) is 19.1 Å². The Morgan fingerprint density at radius 1 is 1.20 bits per heavy atom. The summed E-state index contributed by atoms with van der Waals surface area (Å²) in [5, 5.41) is 3.37. The lowest BCUT2D eigenvalue weighted by Crippen LogP contribution is -2.29. The molecule has 2 aliphatic rings. The molecular weight excluding hydrogens is 124 g/mol. The van der Waals surface area contributed by atoms with Gasteiger partial charge in [-0.2, -0.15) is 0 Å². The van der Waals surface area contributed by atoms with Gasteiger partial charge in [0.05, 0.1) is 0 Å². The van der Waals surface area contributed by atoms with Crippen LogP contribution < -0.4 is 11.1 Å². The molecule has 0 radical (unpaired) electrons. The molecule has 0 aromatic carbocycles. The molecule has 0 spiro atoms. The molecule has 0 aromatic heterocycles. The van der Waals surface area contributed by atoms with Crippen LogP contribution in [0.4, 0.5) is 0 Å². The van der Waals surface area contributed by atoms with E-state index in [0.717, 1.165) is 11.8 Å². The van der Waals surface area contributed by atoms with E-state index in [2.05, 4.69) is 5.32 Å². The monoisotopic (exact) mass is 140 g/mol. The van der Waals surface area contributed by atoms with Crippen molar-refractivity contribution in [1.82, 2.24) is 5.32 Å². The summed E-state index contributed by atoms with van der Waals surface area (Å²) in [6.07, 6.45) is 4.02. The molecule has 1 saturated carbocycles. The number of rotatable bonds is 1. The Kier molecular flexibility index (Phi) is 1.66. The molecule has 0 unspecified atom stereocenters. The average molecular weight is 140 g/mol. The first-order valence-corrected chi connectivity index (χ1v) is 4.34. The topological polar surface area (TPSA) is 38.0 Å². The number of piperidine rings is 1. The van der Waals surface area contributed by atoms with E-state index in [4.69, 9.17) is 5.73 Å². The highest BCUT2D eigenvalue weighted by molar-refractivity contribution is 4.95. The Labute approximate surface area is 62.2 Å². The van der Waals surface area contributed by atoms with Crippen molar-refractivity contribution in [1.29, 1.82) is 0 Å². The molecule has 1 aliphatic carbocycles. The van der Waals surface area contributed by atoms with E-state index in [-0.39, 0.29) is 0 Å². The van der Waals surface area contributed by atoms with Crippen LogP contribution in [0.3, 0.4) is 0 Å². The van der Waals surface area contributed by atoms with Crippen LogP contribution in [-0.2, 0) is 0 Å². The standard InChI is InChI=1S/C8H16N2/c9-8-5-7(8)6-1-3-10-4-2-6/h6-8,10H,1-5,9H2/t7-,8+/m1/s1. The molecule has 1 aliphatic heterocycles. The molecule has 1 heterocycles. The minimum Gasteiger partial charge on any atom is -0.327 e. The molecule has 0 aromatic rings. The SMILES string of the molecule is N[C@H]1C[C@@H]1C1CCNCC1. The zero-order valence-corrected chi connectivity index (χ0v) is 6.34. The van der Waals surface area contributed by atoms with Crippen LogP contribution in [0.25, 0.3) is 0 Å². The van der Waals surface area contributed by atoms with Crippen molar-refractivity contribution in [3.8, 4) is 0 Å². The Morgan fingerprint density at radius 2 is 1.80 bits per heavy atom. The van der Waals surface area contributed by atoms with Crippen LogP contribution in [0.5, 0.6) is 0 Å². The fraction of sp³-hybridized carbons (Fsp3) is 1.00. The van der Waals surface area contributed by atoms with E-state index in [1.165, 1.54) is 32.4 Å². The second-order valence-electron chi connectivity index (χ2n) is 3.65. The molecule has 10 heavy (non-hydrogen) atoms. The molecule has 3 N–H and O–H groups in total. The first-order valence-electron chi connectivity index (χ1n) is 4.34. The maximum absolute atomic E-state index is 5.78. The van der Waals surface area contributed by atoms with Crippen LogP contribution in [0.2, 0.25) is 0 Å². The van der Waals surface area contributed by atoms with E-state index >= 15 is 0 Å². The molecule has 2 fully saturated rings. The van der Waals surface area contributed by atoms with Gasteiger partial charge in [0.25, 0.3) is 0 Å². The quantitative estimate of drug-likeness (QED) is 0.551. The van der Waals surface area contributed by atoms with Crippen molar-refractivity contribution in [2.24, 2.45) is 17.6 Å². The third kappa shape index (κ3) is 1.18. The Bertz CT molecular complexity index is 118. The second kappa shape index (κ2) is 2.51. The third-order valence-electron chi connectivity index (χ3n) is 2.88. The van der Waals surface area contributed by atoms with Crippen molar-refractivity contribution in [3.05, 3.63) is 0 Å². The fourth-order valence-corrected chi connectivity index (χ4v) is 2.05. The van der Waals surface area contributed by atoms with Crippen molar-refractivity contribution >= 4 is 0 Å². The molecule has 2 nitrogen and oxygen atoms in total. The average Bonchev–Trinajstić information content (AvgIpc) is 2.69. The lowest BCUT2D eigenvalue weighted by Gasteiger charge is -2.22. The molecule has 58 valence electrons. The lowest BCUT2D eigenvalue weighted by molar-refractivity contribution is 0.333. The van der Waals surface area contributed by atoms with Gasteiger partial charge >= 0.3 is 0 Å². The van der Waals surface area contributed by atoms with Gasteiger partial charge in [0.15, 0.2) is 0 Å². The van der Waals surface area contributed by atoms with E-state index in [9.17, 15) is 0 Å². The minimum atomic E-state index is 0.558. The highest BCUT2D eigenvalue weighted by atomic mass is 14.9. The van der Waals surface area contributed by atoms with Gasteiger partial charge in [-0.1, -0.05) is 0 Å². The Balaban J connectivity index is 1.81. The second-order valence-corrected chi connectivity index (χ2v) is 3.65. The molecule has 2 atom stereocenters. The number of nitrogens with one attached hydrogen (secondary N) is 1. The largest absolute Gasteiger partial charge is 0.327 e. The summed E-state index contributed by atoms with van der Waals surface area (Å²) in [6, 6.07) is 0.558. The molecule has 1 saturated heterocycles. The first-order chi connectivity index (χ1) is 4.88.